The number of rotatable bonds is 4. The lowest BCUT2D eigenvalue weighted by atomic mass is 10.1. The van der Waals surface area contributed by atoms with Crippen LogP contribution in [0.25, 0.3) is 0 Å². The molecule has 2 amide bonds. The van der Waals surface area contributed by atoms with E-state index in [1.165, 1.54) is 11.1 Å². The minimum absolute atomic E-state index is 0.0540. The number of amides is 2. The van der Waals surface area contributed by atoms with E-state index in [9.17, 15) is 9.59 Å². The summed E-state index contributed by atoms with van der Waals surface area (Å²) in [6.07, 6.45) is 2.64. The summed E-state index contributed by atoms with van der Waals surface area (Å²) in [4.78, 5) is 31.9. The van der Waals surface area contributed by atoms with Crippen molar-refractivity contribution >= 4 is 23.2 Å². The van der Waals surface area contributed by atoms with E-state index in [1.54, 1.807) is 29.0 Å². The van der Waals surface area contributed by atoms with Crippen LogP contribution in [0.5, 0.6) is 0 Å². The number of hydrogen-bond donors (Lipinski definition) is 1. The van der Waals surface area contributed by atoms with Crippen molar-refractivity contribution < 1.29 is 9.59 Å². The van der Waals surface area contributed by atoms with Gasteiger partial charge in [0.05, 0.1) is 11.9 Å². The Morgan fingerprint density at radius 2 is 1.78 bits per heavy atom. The molecule has 0 unspecified atom stereocenters. The number of nitrogens with one attached hydrogen (secondary N) is 1. The Bertz CT molecular complexity index is 825. The summed E-state index contributed by atoms with van der Waals surface area (Å²) in [7, 11) is 0. The lowest BCUT2D eigenvalue weighted by Crippen LogP contribution is -2.50. The van der Waals surface area contributed by atoms with Crippen LogP contribution >= 0.6 is 0 Å². The van der Waals surface area contributed by atoms with Gasteiger partial charge in [-0.3, -0.25) is 9.59 Å². The summed E-state index contributed by atoms with van der Waals surface area (Å²) in [5.74, 6) is -0.0341. The fourth-order valence-electron chi connectivity index (χ4n) is 3.33. The SMILES string of the molecule is CCc1cccc(C)c1Nc1ccc(C(=O)N2CCN(C(C)=O)CC2)nc1. The van der Waals surface area contributed by atoms with Crippen LogP contribution in [0, 0.1) is 6.92 Å². The van der Waals surface area contributed by atoms with Crippen LogP contribution in [-0.4, -0.2) is 52.8 Å². The Morgan fingerprint density at radius 1 is 1.07 bits per heavy atom. The molecule has 1 saturated heterocycles. The Balaban J connectivity index is 1.67. The number of benzene rings is 1. The number of hydrogen-bond acceptors (Lipinski definition) is 4. The molecule has 6 heteroatoms. The van der Waals surface area contributed by atoms with Crippen LogP contribution in [0.4, 0.5) is 11.4 Å². The van der Waals surface area contributed by atoms with Crippen molar-refractivity contribution in [1.29, 1.82) is 0 Å². The number of carbonyl (C=O) groups is 2. The summed E-state index contributed by atoms with van der Waals surface area (Å²) in [6.45, 7) is 8.01. The topological polar surface area (TPSA) is 65.5 Å². The van der Waals surface area contributed by atoms with Gasteiger partial charge in [-0.15, -0.1) is 0 Å². The highest BCUT2D eigenvalue weighted by molar-refractivity contribution is 5.92. The standard InChI is InChI=1S/C21H26N4O2/c1-4-17-7-5-6-15(2)20(17)23-18-8-9-19(22-14-18)21(27)25-12-10-24(11-13-25)16(3)26/h5-9,14,23H,4,10-13H2,1-3H3. The van der Waals surface area contributed by atoms with Crippen LogP contribution in [0.2, 0.25) is 0 Å². The van der Waals surface area contributed by atoms with E-state index in [0.717, 1.165) is 17.8 Å². The zero-order chi connectivity index (χ0) is 19.4. The van der Waals surface area contributed by atoms with Crippen molar-refractivity contribution in [3.8, 4) is 0 Å². The second-order valence-corrected chi connectivity index (χ2v) is 6.82. The maximum Gasteiger partial charge on any atom is 0.272 e. The monoisotopic (exact) mass is 366 g/mol. The molecule has 0 radical (unpaired) electrons. The molecule has 1 N–H and O–H groups in total. The number of piperazine rings is 1. The lowest BCUT2D eigenvalue weighted by Gasteiger charge is -2.34. The Labute approximate surface area is 160 Å². The van der Waals surface area contributed by atoms with Gasteiger partial charge in [-0.2, -0.15) is 0 Å². The van der Waals surface area contributed by atoms with Crippen molar-refractivity contribution in [2.24, 2.45) is 0 Å². The molecule has 2 heterocycles. The maximum absolute atomic E-state index is 12.6. The first-order valence-corrected chi connectivity index (χ1v) is 9.36. The minimum Gasteiger partial charge on any atom is -0.354 e. The smallest absolute Gasteiger partial charge is 0.272 e. The third-order valence-electron chi connectivity index (χ3n) is 5.00. The van der Waals surface area contributed by atoms with E-state index in [1.807, 2.05) is 6.07 Å². The summed E-state index contributed by atoms with van der Waals surface area (Å²) < 4.78 is 0. The number of pyridine rings is 1. The zero-order valence-corrected chi connectivity index (χ0v) is 16.2. The van der Waals surface area contributed by atoms with Gasteiger partial charge in [0, 0.05) is 38.8 Å². The molecular formula is C21H26N4O2. The molecule has 0 bridgehead atoms. The van der Waals surface area contributed by atoms with E-state index in [4.69, 9.17) is 0 Å². The molecule has 142 valence electrons. The normalized spacial score (nSPS) is 14.2. The third-order valence-corrected chi connectivity index (χ3v) is 5.00. The molecule has 1 aromatic heterocycles. The number of aryl methyl sites for hydroxylation is 2. The lowest BCUT2D eigenvalue weighted by molar-refractivity contribution is -0.130. The molecule has 0 saturated carbocycles. The van der Waals surface area contributed by atoms with Gasteiger partial charge in [-0.25, -0.2) is 4.98 Å². The fraction of sp³-hybridized carbons (Fsp3) is 0.381. The number of nitrogens with zero attached hydrogens (tertiary/aromatic N) is 3. The predicted molar refractivity (Wildman–Crippen MR) is 106 cm³/mol. The van der Waals surface area contributed by atoms with Crippen LogP contribution in [0.3, 0.4) is 0 Å². The molecule has 0 atom stereocenters. The molecule has 1 fully saturated rings. The van der Waals surface area contributed by atoms with Gasteiger partial charge < -0.3 is 15.1 Å². The van der Waals surface area contributed by atoms with Gasteiger partial charge in [0.15, 0.2) is 0 Å². The van der Waals surface area contributed by atoms with Crippen LogP contribution in [-0.2, 0) is 11.2 Å². The van der Waals surface area contributed by atoms with Gasteiger partial charge in [-0.05, 0) is 36.6 Å². The molecule has 0 aliphatic carbocycles. The predicted octanol–water partition coefficient (Wildman–Crippen LogP) is 3.00. The van der Waals surface area contributed by atoms with Crippen molar-refractivity contribution in [3.05, 3.63) is 53.3 Å². The van der Waals surface area contributed by atoms with Crippen molar-refractivity contribution in [2.45, 2.75) is 27.2 Å². The highest BCUT2D eigenvalue weighted by Gasteiger charge is 2.23. The number of para-hydroxylation sites is 1. The minimum atomic E-state index is -0.0881. The number of aromatic nitrogens is 1. The Kier molecular flexibility index (Phi) is 5.74. The first-order chi connectivity index (χ1) is 13.0. The average molecular weight is 366 g/mol. The summed E-state index contributed by atoms with van der Waals surface area (Å²) in [5.41, 5.74) is 4.81. The van der Waals surface area contributed by atoms with Crippen LogP contribution < -0.4 is 5.32 Å². The van der Waals surface area contributed by atoms with Gasteiger partial charge in [-0.1, -0.05) is 25.1 Å². The van der Waals surface area contributed by atoms with Crippen molar-refractivity contribution in [1.82, 2.24) is 14.8 Å². The van der Waals surface area contributed by atoms with Gasteiger partial charge in [0.2, 0.25) is 5.91 Å². The summed E-state index contributed by atoms with van der Waals surface area (Å²) in [6, 6.07) is 9.89. The largest absolute Gasteiger partial charge is 0.354 e. The van der Waals surface area contributed by atoms with E-state index in [-0.39, 0.29) is 11.8 Å². The van der Waals surface area contributed by atoms with Gasteiger partial charge in [0.1, 0.15) is 5.69 Å². The zero-order valence-electron chi connectivity index (χ0n) is 16.2. The quantitative estimate of drug-likeness (QED) is 0.903. The van der Waals surface area contributed by atoms with Crippen molar-refractivity contribution in [2.75, 3.05) is 31.5 Å². The first kappa shape index (κ1) is 18.9. The second-order valence-electron chi connectivity index (χ2n) is 6.82. The highest BCUT2D eigenvalue weighted by Crippen LogP contribution is 2.25. The third kappa shape index (κ3) is 4.27. The molecule has 27 heavy (non-hydrogen) atoms. The second kappa shape index (κ2) is 8.20. The van der Waals surface area contributed by atoms with Crippen LogP contribution in [0.15, 0.2) is 36.5 Å². The fourth-order valence-corrected chi connectivity index (χ4v) is 3.33. The van der Waals surface area contributed by atoms with E-state index in [2.05, 4.69) is 42.3 Å². The molecule has 3 rings (SSSR count). The number of anilines is 2. The van der Waals surface area contributed by atoms with E-state index < -0.39 is 0 Å². The first-order valence-electron chi connectivity index (χ1n) is 9.36. The molecule has 1 aliphatic rings. The summed E-state index contributed by atoms with van der Waals surface area (Å²) in [5, 5.41) is 3.42. The van der Waals surface area contributed by atoms with Crippen molar-refractivity contribution in [3.63, 3.8) is 0 Å². The van der Waals surface area contributed by atoms with Gasteiger partial charge in [0.25, 0.3) is 5.91 Å². The molecule has 2 aromatic rings. The van der Waals surface area contributed by atoms with E-state index >= 15 is 0 Å². The molecular weight excluding hydrogens is 340 g/mol. The molecule has 0 spiro atoms. The molecule has 6 nitrogen and oxygen atoms in total. The average Bonchev–Trinajstić information content (AvgIpc) is 2.69. The maximum atomic E-state index is 12.6. The Hall–Kier alpha value is -2.89. The Morgan fingerprint density at radius 3 is 2.37 bits per heavy atom. The van der Waals surface area contributed by atoms with Gasteiger partial charge >= 0.3 is 0 Å². The van der Waals surface area contributed by atoms with E-state index in [0.29, 0.717) is 31.9 Å². The number of carbonyl (C=O) groups excluding carboxylic acids is 2. The van der Waals surface area contributed by atoms with Crippen LogP contribution in [0.1, 0.15) is 35.5 Å². The molecule has 1 aromatic carbocycles. The highest BCUT2D eigenvalue weighted by atomic mass is 16.2. The summed E-state index contributed by atoms with van der Waals surface area (Å²) >= 11 is 0. The molecule has 1 aliphatic heterocycles.